The molecule has 1 aromatic carbocycles. The Balaban J connectivity index is 1.91. The Labute approximate surface area is 138 Å². The summed E-state index contributed by atoms with van der Waals surface area (Å²) in [5.74, 6) is 2.18. The fourth-order valence-electron chi connectivity index (χ4n) is 2.97. The van der Waals surface area contributed by atoms with Crippen LogP contribution in [0.4, 0.5) is 0 Å². The van der Waals surface area contributed by atoms with Gasteiger partial charge in [-0.1, -0.05) is 43.7 Å². The molecule has 1 unspecified atom stereocenters. The van der Waals surface area contributed by atoms with Gasteiger partial charge in [0.1, 0.15) is 0 Å². The van der Waals surface area contributed by atoms with Crippen molar-refractivity contribution < 1.29 is 4.79 Å². The Morgan fingerprint density at radius 1 is 1.23 bits per heavy atom. The molecule has 1 aromatic rings. The van der Waals surface area contributed by atoms with Crippen molar-refractivity contribution in [2.45, 2.75) is 38.6 Å². The van der Waals surface area contributed by atoms with Crippen molar-refractivity contribution in [3.63, 3.8) is 0 Å². The summed E-state index contributed by atoms with van der Waals surface area (Å²) in [7, 11) is 0. The molecule has 0 radical (unpaired) electrons. The smallest absolute Gasteiger partial charge is 0.220 e. The van der Waals surface area contributed by atoms with Crippen LogP contribution in [-0.2, 0) is 4.79 Å². The van der Waals surface area contributed by atoms with Crippen molar-refractivity contribution in [2.24, 2.45) is 0 Å². The van der Waals surface area contributed by atoms with E-state index in [1.54, 1.807) is 0 Å². The van der Waals surface area contributed by atoms with Gasteiger partial charge in [0.05, 0.1) is 6.04 Å². The van der Waals surface area contributed by atoms with Crippen LogP contribution in [0.25, 0.3) is 0 Å². The Hall–Kier alpha value is -1.00. The Morgan fingerprint density at radius 3 is 2.64 bits per heavy atom. The van der Waals surface area contributed by atoms with E-state index in [9.17, 15) is 4.79 Å². The minimum Gasteiger partial charge on any atom is -0.354 e. The van der Waals surface area contributed by atoms with Crippen molar-refractivity contribution >= 4 is 17.7 Å². The third-order valence-corrected chi connectivity index (χ3v) is 5.09. The molecule has 2 rings (SSSR count). The first-order valence-corrected chi connectivity index (χ1v) is 9.60. The maximum atomic E-state index is 12.0. The van der Waals surface area contributed by atoms with E-state index in [1.807, 2.05) is 11.8 Å². The molecule has 1 heterocycles. The predicted molar refractivity (Wildman–Crippen MR) is 95.2 cm³/mol. The van der Waals surface area contributed by atoms with Crippen molar-refractivity contribution in [1.82, 2.24) is 10.2 Å². The van der Waals surface area contributed by atoms with E-state index in [4.69, 9.17) is 0 Å². The molecule has 1 atom stereocenters. The highest BCUT2D eigenvalue weighted by atomic mass is 32.2. The standard InChI is InChI=1S/C18H28N2OS/c1-2-22-14-11-18(21)19-15-17(16-9-5-3-6-10-16)20-12-7-4-8-13-20/h3,5-6,9-10,17H,2,4,7-8,11-15H2,1H3,(H,19,21). The molecule has 0 saturated carbocycles. The lowest BCUT2D eigenvalue weighted by atomic mass is 10.0. The number of carbonyl (C=O) groups is 1. The number of rotatable bonds is 8. The van der Waals surface area contributed by atoms with Gasteiger partial charge in [0.2, 0.25) is 5.91 Å². The zero-order chi connectivity index (χ0) is 15.6. The van der Waals surface area contributed by atoms with Crippen molar-refractivity contribution in [1.29, 1.82) is 0 Å². The molecule has 0 aliphatic carbocycles. The van der Waals surface area contributed by atoms with Crippen LogP contribution in [-0.4, -0.2) is 41.9 Å². The lowest BCUT2D eigenvalue weighted by molar-refractivity contribution is -0.120. The van der Waals surface area contributed by atoms with Gasteiger partial charge in [-0.2, -0.15) is 11.8 Å². The van der Waals surface area contributed by atoms with Crippen LogP contribution in [0.1, 0.15) is 44.2 Å². The van der Waals surface area contributed by atoms with Crippen LogP contribution in [0.2, 0.25) is 0 Å². The number of thioether (sulfide) groups is 1. The van der Waals surface area contributed by atoms with Gasteiger partial charge < -0.3 is 5.32 Å². The number of hydrogen-bond donors (Lipinski definition) is 1. The molecule has 0 bridgehead atoms. The highest BCUT2D eigenvalue weighted by Crippen LogP contribution is 2.24. The lowest BCUT2D eigenvalue weighted by Gasteiger charge is -2.35. The average molecular weight is 321 g/mol. The summed E-state index contributed by atoms with van der Waals surface area (Å²) in [6.07, 6.45) is 4.49. The first-order valence-electron chi connectivity index (χ1n) is 8.44. The van der Waals surface area contributed by atoms with Gasteiger partial charge in [0.25, 0.3) is 0 Å². The van der Waals surface area contributed by atoms with Crippen molar-refractivity contribution in [2.75, 3.05) is 31.1 Å². The number of benzene rings is 1. The van der Waals surface area contributed by atoms with Gasteiger partial charge in [0, 0.05) is 18.7 Å². The molecule has 1 amide bonds. The van der Waals surface area contributed by atoms with E-state index in [2.05, 4.69) is 47.5 Å². The molecule has 1 fully saturated rings. The van der Waals surface area contributed by atoms with Gasteiger partial charge in [-0.15, -0.1) is 0 Å². The summed E-state index contributed by atoms with van der Waals surface area (Å²) in [5, 5.41) is 3.14. The van der Waals surface area contributed by atoms with E-state index in [0.29, 0.717) is 12.5 Å². The molecular weight excluding hydrogens is 292 g/mol. The first-order chi connectivity index (χ1) is 10.8. The number of nitrogens with zero attached hydrogens (tertiary/aromatic N) is 1. The summed E-state index contributed by atoms with van der Waals surface area (Å²) in [6.45, 7) is 5.13. The fourth-order valence-corrected chi connectivity index (χ4v) is 3.59. The Kier molecular flexibility index (Phi) is 7.81. The molecule has 1 aliphatic heterocycles. The van der Waals surface area contributed by atoms with E-state index < -0.39 is 0 Å². The molecule has 1 aliphatic rings. The van der Waals surface area contributed by atoms with Crippen LogP contribution in [0.15, 0.2) is 30.3 Å². The highest BCUT2D eigenvalue weighted by molar-refractivity contribution is 7.99. The monoisotopic (exact) mass is 320 g/mol. The van der Waals surface area contributed by atoms with Gasteiger partial charge in [-0.05, 0) is 37.2 Å². The largest absolute Gasteiger partial charge is 0.354 e. The summed E-state index contributed by atoms with van der Waals surface area (Å²) in [5.41, 5.74) is 1.31. The van der Waals surface area contributed by atoms with Gasteiger partial charge >= 0.3 is 0 Å². The number of carbonyl (C=O) groups excluding carboxylic acids is 1. The van der Waals surface area contributed by atoms with Gasteiger partial charge in [-0.25, -0.2) is 0 Å². The quantitative estimate of drug-likeness (QED) is 0.744. The SMILES string of the molecule is CCSCCC(=O)NCC(c1ccccc1)N1CCCCC1. The first kappa shape index (κ1) is 17.4. The van der Waals surface area contributed by atoms with Crippen LogP contribution >= 0.6 is 11.8 Å². The number of piperidine rings is 1. The highest BCUT2D eigenvalue weighted by Gasteiger charge is 2.22. The van der Waals surface area contributed by atoms with Crippen molar-refractivity contribution in [3.8, 4) is 0 Å². The van der Waals surface area contributed by atoms with E-state index in [1.165, 1.54) is 24.8 Å². The van der Waals surface area contributed by atoms with E-state index >= 15 is 0 Å². The number of hydrogen-bond acceptors (Lipinski definition) is 3. The molecule has 122 valence electrons. The minimum atomic E-state index is 0.180. The maximum absolute atomic E-state index is 12.0. The Bertz CT molecular complexity index is 432. The van der Waals surface area contributed by atoms with Crippen LogP contribution in [0.3, 0.4) is 0 Å². The summed E-state index contributed by atoms with van der Waals surface area (Å²) < 4.78 is 0. The zero-order valence-electron chi connectivity index (χ0n) is 13.6. The zero-order valence-corrected chi connectivity index (χ0v) is 14.4. The van der Waals surface area contributed by atoms with Gasteiger partial charge in [-0.3, -0.25) is 9.69 Å². The number of amides is 1. The van der Waals surface area contributed by atoms with Crippen molar-refractivity contribution in [3.05, 3.63) is 35.9 Å². The molecule has 1 saturated heterocycles. The van der Waals surface area contributed by atoms with Crippen LogP contribution in [0, 0.1) is 0 Å². The molecular formula is C18H28N2OS. The molecule has 1 N–H and O–H groups in total. The van der Waals surface area contributed by atoms with E-state index in [0.717, 1.165) is 31.1 Å². The van der Waals surface area contributed by atoms with Crippen LogP contribution < -0.4 is 5.32 Å². The molecule has 22 heavy (non-hydrogen) atoms. The number of likely N-dealkylation sites (tertiary alicyclic amines) is 1. The maximum Gasteiger partial charge on any atom is 0.220 e. The topological polar surface area (TPSA) is 32.3 Å². The number of nitrogens with one attached hydrogen (secondary N) is 1. The second kappa shape index (κ2) is 9.90. The van der Waals surface area contributed by atoms with Crippen LogP contribution in [0.5, 0.6) is 0 Å². The van der Waals surface area contributed by atoms with E-state index in [-0.39, 0.29) is 5.91 Å². The third-order valence-electron chi connectivity index (χ3n) is 4.19. The third kappa shape index (κ3) is 5.65. The summed E-state index contributed by atoms with van der Waals surface area (Å²) in [6, 6.07) is 10.9. The average Bonchev–Trinajstić information content (AvgIpc) is 2.57. The minimum absolute atomic E-state index is 0.180. The van der Waals surface area contributed by atoms with Gasteiger partial charge in [0.15, 0.2) is 0 Å². The predicted octanol–water partition coefficient (Wildman–Crippen LogP) is 3.47. The second-order valence-corrected chi connectivity index (χ2v) is 7.17. The Morgan fingerprint density at radius 2 is 1.95 bits per heavy atom. The second-order valence-electron chi connectivity index (χ2n) is 5.77. The molecule has 0 aromatic heterocycles. The summed E-state index contributed by atoms with van der Waals surface area (Å²) in [4.78, 5) is 14.5. The molecule has 4 heteroatoms. The normalized spacial score (nSPS) is 17.1. The molecule has 3 nitrogen and oxygen atoms in total. The fraction of sp³-hybridized carbons (Fsp3) is 0.611. The lowest BCUT2D eigenvalue weighted by Crippen LogP contribution is -2.40. The summed E-state index contributed by atoms with van der Waals surface area (Å²) >= 11 is 1.82. The molecule has 0 spiro atoms.